The van der Waals surface area contributed by atoms with Gasteiger partial charge in [-0.1, -0.05) is 19.9 Å². The Balaban J connectivity index is 0.00000312. The van der Waals surface area contributed by atoms with Crippen molar-refractivity contribution in [1.29, 1.82) is 0 Å². The fraction of sp³-hybridized carbons (Fsp3) is 0.611. The highest BCUT2D eigenvalue weighted by molar-refractivity contribution is 14.0. The molecule has 6 nitrogen and oxygen atoms in total. The van der Waals surface area contributed by atoms with E-state index in [1.165, 1.54) is 6.42 Å². The Morgan fingerprint density at radius 2 is 2.00 bits per heavy atom. The lowest BCUT2D eigenvalue weighted by Gasteiger charge is -2.37. The number of guanidine groups is 1. The third-order valence-electron chi connectivity index (χ3n) is 4.17. The standard InChI is InChI=1S/C18H29N5O.HI/c1-13-10-14(2)12-23(11-13)18(19-4)20-9-8-17(24)22-16-7-5-6-15(3)21-16;/h5-7,13-14H,8-12H2,1-4H3,(H,19,20)(H,21,22,24);1H. The molecule has 0 bridgehead atoms. The third kappa shape index (κ3) is 7.17. The van der Waals surface area contributed by atoms with Crippen LogP contribution < -0.4 is 10.6 Å². The molecule has 0 aromatic carbocycles. The Bertz CT molecular complexity index is 583. The summed E-state index contributed by atoms with van der Waals surface area (Å²) in [5.41, 5.74) is 0.889. The van der Waals surface area contributed by atoms with Crippen LogP contribution in [0.4, 0.5) is 5.82 Å². The highest BCUT2D eigenvalue weighted by Gasteiger charge is 2.23. The topological polar surface area (TPSA) is 69.6 Å². The maximum atomic E-state index is 12.0. The largest absolute Gasteiger partial charge is 0.356 e. The number of amides is 1. The molecule has 1 aliphatic heterocycles. The zero-order valence-electron chi connectivity index (χ0n) is 15.6. The Labute approximate surface area is 167 Å². The maximum Gasteiger partial charge on any atom is 0.227 e. The van der Waals surface area contributed by atoms with Crippen molar-refractivity contribution in [3.05, 3.63) is 23.9 Å². The van der Waals surface area contributed by atoms with Gasteiger partial charge in [0.05, 0.1) is 0 Å². The minimum atomic E-state index is -0.0450. The van der Waals surface area contributed by atoms with Crippen LogP contribution in [0.25, 0.3) is 0 Å². The Morgan fingerprint density at radius 3 is 2.60 bits per heavy atom. The monoisotopic (exact) mass is 459 g/mol. The van der Waals surface area contributed by atoms with Gasteiger partial charge in [-0.2, -0.15) is 0 Å². The highest BCUT2D eigenvalue weighted by Crippen LogP contribution is 2.20. The Hall–Kier alpha value is -1.38. The molecule has 7 heteroatoms. The summed E-state index contributed by atoms with van der Waals surface area (Å²) in [7, 11) is 1.79. The van der Waals surface area contributed by atoms with Gasteiger partial charge in [0.15, 0.2) is 5.96 Å². The van der Waals surface area contributed by atoms with E-state index < -0.39 is 0 Å². The van der Waals surface area contributed by atoms with Crippen LogP contribution in [0.15, 0.2) is 23.2 Å². The number of aromatic nitrogens is 1. The van der Waals surface area contributed by atoms with Crippen LogP contribution in [0.3, 0.4) is 0 Å². The zero-order valence-corrected chi connectivity index (χ0v) is 17.9. The van der Waals surface area contributed by atoms with Crippen LogP contribution in [-0.4, -0.2) is 48.4 Å². The molecule has 2 unspecified atom stereocenters. The number of piperidine rings is 1. The van der Waals surface area contributed by atoms with Crippen molar-refractivity contribution >= 4 is 41.7 Å². The van der Waals surface area contributed by atoms with E-state index in [0.29, 0.717) is 30.6 Å². The fourth-order valence-corrected chi connectivity index (χ4v) is 3.27. The predicted octanol–water partition coefficient (Wildman–Crippen LogP) is 2.89. The van der Waals surface area contributed by atoms with Gasteiger partial charge in [0.25, 0.3) is 0 Å². The molecule has 0 spiro atoms. The molecule has 140 valence electrons. The molecule has 0 saturated carbocycles. The van der Waals surface area contributed by atoms with Crippen molar-refractivity contribution in [3.63, 3.8) is 0 Å². The number of hydrogen-bond acceptors (Lipinski definition) is 3. The van der Waals surface area contributed by atoms with Crippen molar-refractivity contribution < 1.29 is 4.79 Å². The molecule has 2 rings (SSSR count). The van der Waals surface area contributed by atoms with E-state index in [-0.39, 0.29) is 29.9 Å². The fourth-order valence-electron chi connectivity index (χ4n) is 3.27. The van der Waals surface area contributed by atoms with E-state index in [0.717, 1.165) is 24.7 Å². The van der Waals surface area contributed by atoms with Crippen LogP contribution in [0.5, 0.6) is 0 Å². The summed E-state index contributed by atoms with van der Waals surface area (Å²) in [6.07, 6.45) is 1.65. The summed E-state index contributed by atoms with van der Waals surface area (Å²) in [5, 5.41) is 6.13. The summed E-state index contributed by atoms with van der Waals surface area (Å²) < 4.78 is 0. The molecule has 2 heterocycles. The van der Waals surface area contributed by atoms with E-state index in [9.17, 15) is 4.79 Å². The smallest absolute Gasteiger partial charge is 0.227 e. The average Bonchev–Trinajstić information content (AvgIpc) is 2.50. The molecule has 1 amide bonds. The molecular weight excluding hydrogens is 429 g/mol. The van der Waals surface area contributed by atoms with E-state index >= 15 is 0 Å². The normalized spacial score (nSPS) is 20.6. The van der Waals surface area contributed by atoms with Crippen molar-refractivity contribution in [2.24, 2.45) is 16.8 Å². The lowest BCUT2D eigenvalue weighted by Crippen LogP contribution is -2.48. The number of nitrogens with one attached hydrogen (secondary N) is 2. The number of aryl methyl sites for hydroxylation is 1. The lowest BCUT2D eigenvalue weighted by molar-refractivity contribution is -0.116. The van der Waals surface area contributed by atoms with E-state index in [4.69, 9.17) is 0 Å². The second-order valence-corrected chi connectivity index (χ2v) is 6.79. The van der Waals surface area contributed by atoms with Crippen molar-refractivity contribution in [2.45, 2.75) is 33.6 Å². The third-order valence-corrected chi connectivity index (χ3v) is 4.17. The summed E-state index contributed by atoms with van der Waals surface area (Å²) in [6, 6.07) is 5.59. The quantitative estimate of drug-likeness (QED) is 0.413. The number of pyridine rings is 1. The molecule has 1 saturated heterocycles. The zero-order chi connectivity index (χ0) is 17.5. The SMILES string of the molecule is CN=C(NCCC(=O)Nc1cccc(C)n1)N1CC(C)CC(C)C1.I. The molecule has 2 atom stereocenters. The predicted molar refractivity (Wildman–Crippen MR) is 114 cm³/mol. The van der Waals surface area contributed by atoms with Gasteiger partial charge in [0.2, 0.25) is 5.91 Å². The van der Waals surface area contributed by atoms with E-state index in [1.807, 2.05) is 19.1 Å². The number of hydrogen-bond donors (Lipinski definition) is 2. The van der Waals surface area contributed by atoms with Gasteiger partial charge >= 0.3 is 0 Å². The van der Waals surface area contributed by atoms with Crippen LogP contribution in [-0.2, 0) is 4.79 Å². The molecular formula is C18H30IN5O. The first-order chi connectivity index (χ1) is 11.5. The van der Waals surface area contributed by atoms with Crippen LogP contribution in [0.1, 0.15) is 32.4 Å². The second kappa shape index (κ2) is 10.6. The van der Waals surface area contributed by atoms with Crippen molar-refractivity contribution in [1.82, 2.24) is 15.2 Å². The number of anilines is 1. The number of likely N-dealkylation sites (tertiary alicyclic amines) is 1. The molecule has 1 fully saturated rings. The van der Waals surface area contributed by atoms with Gasteiger partial charge in [-0.25, -0.2) is 4.98 Å². The average molecular weight is 459 g/mol. The van der Waals surface area contributed by atoms with Crippen molar-refractivity contribution in [2.75, 3.05) is 32.0 Å². The van der Waals surface area contributed by atoms with E-state index in [2.05, 4.69) is 39.4 Å². The molecule has 0 aliphatic carbocycles. The molecule has 1 aliphatic rings. The maximum absolute atomic E-state index is 12.0. The number of halogens is 1. The van der Waals surface area contributed by atoms with Crippen LogP contribution in [0.2, 0.25) is 0 Å². The number of carbonyl (C=O) groups is 1. The van der Waals surface area contributed by atoms with Gasteiger partial charge in [-0.15, -0.1) is 24.0 Å². The summed E-state index contributed by atoms with van der Waals surface area (Å²) >= 11 is 0. The highest BCUT2D eigenvalue weighted by atomic mass is 127. The number of nitrogens with zero attached hydrogens (tertiary/aromatic N) is 3. The molecule has 0 radical (unpaired) electrons. The molecule has 25 heavy (non-hydrogen) atoms. The summed E-state index contributed by atoms with van der Waals surface area (Å²) in [5.74, 6) is 2.78. The minimum absolute atomic E-state index is 0. The summed E-state index contributed by atoms with van der Waals surface area (Å²) in [4.78, 5) is 23.0. The Kier molecular flexibility index (Phi) is 9.16. The first-order valence-corrected chi connectivity index (χ1v) is 8.67. The second-order valence-electron chi connectivity index (χ2n) is 6.79. The first kappa shape index (κ1) is 21.7. The lowest BCUT2D eigenvalue weighted by atomic mass is 9.92. The van der Waals surface area contributed by atoms with Gasteiger partial charge in [0, 0.05) is 38.8 Å². The number of aliphatic imine (C=N–C) groups is 1. The van der Waals surface area contributed by atoms with Crippen LogP contribution in [0, 0.1) is 18.8 Å². The minimum Gasteiger partial charge on any atom is -0.356 e. The van der Waals surface area contributed by atoms with Crippen LogP contribution >= 0.6 is 24.0 Å². The number of rotatable bonds is 4. The van der Waals surface area contributed by atoms with Gasteiger partial charge in [0.1, 0.15) is 5.82 Å². The number of carbonyl (C=O) groups excluding carboxylic acids is 1. The molecule has 1 aromatic rings. The van der Waals surface area contributed by atoms with Gasteiger partial charge < -0.3 is 15.5 Å². The summed E-state index contributed by atoms with van der Waals surface area (Å²) in [6.45, 7) is 9.05. The first-order valence-electron chi connectivity index (χ1n) is 8.67. The van der Waals surface area contributed by atoms with Crippen molar-refractivity contribution in [3.8, 4) is 0 Å². The molecule has 2 N–H and O–H groups in total. The van der Waals surface area contributed by atoms with Gasteiger partial charge in [-0.05, 0) is 37.3 Å². The van der Waals surface area contributed by atoms with Gasteiger partial charge in [-0.3, -0.25) is 9.79 Å². The Morgan fingerprint density at radius 1 is 1.32 bits per heavy atom. The van der Waals surface area contributed by atoms with E-state index in [1.54, 1.807) is 13.1 Å². The molecule has 1 aromatic heterocycles.